The summed E-state index contributed by atoms with van der Waals surface area (Å²) in [5.74, 6) is 0.0506. The molecule has 0 unspecified atom stereocenters. The summed E-state index contributed by atoms with van der Waals surface area (Å²) in [7, 11) is 0. The number of nitrogens with two attached hydrogens (primary N) is 1. The zero-order valence-electron chi connectivity index (χ0n) is 8.59. The lowest BCUT2D eigenvalue weighted by Gasteiger charge is -2.04. The first kappa shape index (κ1) is 11.0. The van der Waals surface area contributed by atoms with Gasteiger partial charge in [0.1, 0.15) is 5.69 Å². The van der Waals surface area contributed by atoms with Crippen LogP contribution >= 0.6 is 11.3 Å². The predicted molar refractivity (Wildman–Crippen MR) is 55.1 cm³/mol. The van der Waals surface area contributed by atoms with Crippen LogP contribution in [0.25, 0.3) is 0 Å². The molecule has 4 nitrogen and oxygen atoms in total. The number of rotatable bonds is 3. The first-order chi connectivity index (χ1) is 6.50. The number of thiazole rings is 1. The predicted octanol–water partition coefficient (Wildman–Crippen LogP) is 1.27. The molecule has 3 N–H and O–H groups in total. The van der Waals surface area contributed by atoms with Crippen LogP contribution in [0.3, 0.4) is 0 Å². The van der Waals surface area contributed by atoms with Crippen molar-refractivity contribution >= 4 is 22.4 Å². The second-order valence-electron chi connectivity index (χ2n) is 3.54. The van der Waals surface area contributed by atoms with Crippen LogP contribution in [-0.4, -0.2) is 12.6 Å². The molecule has 1 heterocycles. The van der Waals surface area contributed by atoms with E-state index in [1.807, 2.05) is 13.8 Å². The highest BCUT2D eigenvalue weighted by Crippen LogP contribution is 2.16. The molecule has 0 aliphatic rings. The summed E-state index contributed by atoms with van der Waals surface area (Å²) in [5, 5.41) is 0.527. The monoisotopic (exact) mass is 215 g/mol. The van der Waals surface area contributed by atoms with E-state index >= 15 is 0 Å². The van der Waals surface area contributed by atoms with E-state index in [9.17, 15) is 4.79 Å². The number of carbonyl (C=O) groups is 1. The Morgan fingerprint density at radius 1 is 1.64 bits per heavy atom. The molecule has 0 fully saturated rings. The van der Waals surface area contributed by atoms with Gasteiger partial charge in [0.25, 0.3) is 0 Å². The second-order valence-corrected chi connectivity index (χ2v) is 4.59. The largest absolute Gasteiger partial charge is 0.461 e. The third-order valence-electron chi connectivity index (χ3n) is 1.60. The van der Waals surface area contributed by atoms with Gasteiger partial charge in [0.15, 0.2) is 4.88 Å². The number of nitrogen functional groups attached to an aromatic ring is 1. The van der Waals surface area contributed by atoms with Gasteiger partial charge in [-0.25, -0.2) is 9.78 Å². The van der Waals surface area contributed by atoms with E-state index in [1.54, 1.807) is 6.92 Å². The van der Waals surface area contributed by atoms with Crippen molar-refractivity contribution in [2.24, 2.45) is 5.92 Å². The molecule has 0 aliphatic heterocycles. The van der Waals surface area contributed by atoms with Crippen molar-refractivity contribution in [2.75, 3.05) is 12.3 Å². The lowest BCUT2D eigenvalue weighted by molar-refractivity contribution is -0.363. The van der Waals surface area contributed by atoms with Gasteiger partial charge in [-0.05, 0) is 24.2 Å². The number of aryl methyl sites for hydroxylation is 1. The average molecular weight is 215 g/mol. The maximum Gasteiger partial charge on any atom is 0.352 e. The smallest absolute Gasteiger partial charge is 0.352 e. The molecule has 0 atom stereocenters. The normalized spacial score (nSPS) is 10.6. The minimum Gasteiger partial charge on any atom is -0.461 e. The number of aromatic amines is 1. The first-order valence-corrected chi connectivity index (χ1v) is 5.27. The van der Waals surface area contributed by atoms with Crippen molar-refractivity contribution in [1.29, 1.82) is 0 Å². The third-order valence-corrected chi connectivity index (χ3v) is 2.60. The van der Waals surface area contributed by atoms with E-state index in [0.29, 0.717) is 22.5 Å². The molecule has 0 saturated heterocycles. The lowest BCUT2D eigenvalue weighted by atomic mass is 10.2. The molecule has 1 aromatic heterocycles. The molecule has 1 aromatic rings. The number of hydrogen-bond acceptors (Lipinski definition) is 4. The van der Waals surface area contributed by atoms with Crippen molar-refractivity contribution in [3.8, 4) is 0 Å². The molecule has 0 aromatic carbocycles. The Morgan fingerprint density at radius 3 is 2.71 bits per heavy atom. The van der Waals surface area contributed by atoms with Gasteiger partial charge < -0.3 is 4.74 Å². The fourth-order valence-corrected chi connectivity index (χ4v) is 1.73. The van der Waals surface area contributed by atoms with Gasteiger partial charge in [0, 0.05) is 0 Å². The number of H-pyrrole nitrogens is 1. The van der Waals surface area contributed by atoms with Crippen LogP contribution in [0.2, 0.25) is 0 Å². The van der Waals surface area contributed by atoms with Gasteiger partial charge >= 0.3 is 11.1 Å². The van der Waals surface area contributed by atoms with E-state index in [2.05, 4.69) is 4.98 Å². The summed E-state index contributed by atoms with van der Waals surface area (Å²) in [4.78, 5) is 14.9. The highest BCUT2D eigenvalue weighted by Gasteiger charge is 2.18. The number of nitrogens with one attached hydrogen (secondary N) is 1. The molecule has 78 valence electrons. The number of anilines is 1. The molecule has 0 radical (unpaired) electrons. The molecule has 0 spiro atoms. The second kappa shape index (κ2) is 4.41. The van der Waals surface area contributed by atoms with Crippen LogP contribution in [0.4, 0.5) is 5.13 Å². The number of aromatic nitrogens is 1. The zero-order chi connectivity index (χ0) is 10.7. The summed E-state index contributed by atoms with van der Waals surface area (Å²) in [6, 6.07) is 0. The van der Waals surface area contributed by atoms with Crippen LogP contribution in [0.15, 0.2) is 0 Å². The number of carbonyl (C=O) groups excluding carboxylic acids is 1. The molecule has 0 saturated carbocycles. The van der Waals surface area contributed by atoms with E-state index in [0.717, 1.165) is 5.69 Å². The van der Waals surface area contributed by atoms with Gasteiger partial charge in [-0.2, -0.15) is 0 Å². The van der Waals surface area contributed by atoms with Gasteiger partial charge in [-0.3, -0.25) is 5.73 Å². The minimum atomic E-state index is -0.297. The van der Waals surface area contributed by atoms with Crippen molar-refractivity contribution in [2.45, 2.75) is 20.8 Å². The number of esters is 1. The highest BCUT2D eigenvalue weighted by atomic mass is 32.1. The first-order valence-electron chi connectivity index (χ1n) is 4.46. The fourth-order valence-electron chi connectivity index (χ4n) is 0.956. The summed E-state index contributed by atoms with van der Waals surface area (Å²) in [6.45, 7) is 6.24. The molecule has 0 aliphatic carbocycles. The van der Waals surface area contributed by atoms with Crippen LogP contribution in [0.5, 0.6) is 0 Å². The van der Waals surface area contributed by atoms with E-state index in [-0.39, 0.29) is 5.97 Å². The lowest BCUT2D eigenvalue weighted by Crippen LogP contribution is -2.13. The average Bonchev–Trinajstić information content (AvgIpc) is 2.41. The molecule has 0 amide bonds. The Morgan fingerprint density at radius 2 is 2.29 bits per heavy atom. The highest BCUT2D eigenvalue weighted by molar-refractivity contribution is 7.16. The summed E-state index contributed by atoms with van der Waals surface area (Å²) < 4.78 is 5.08. The maximum absolute atomic E-state index is 11.5. The number of hydrogen-bond donors (Lipinski definition) is 1. The Kier molecular flexibility index (Phi) is 3.46. The third kappa shape index (κ3) is 2.70. The quantitative estimate of drug-likeness (QED) is 0.772. The van der Waals surface area contributed by atoms with Crippen LogP contribution in [-0.2, 0) is 4.74 Å². The van der Waals surface area contributed by atoms with Gasteiger partial charge in [-0.15, -0.1) is 0 Å². The standard InChI is InChI=1S/C9H14N2O2S/c1-5(2)4-13-8(12)7-6(3)11-9(10)14-7/h5H,4H2,1-3H3,(H2,10,11)/p+1. The summed E-state index contributed by atoms with van der Waals surface area (Å²) >= 11 is 1.22. The van der Waals surface area contributed by atoms with Crippen molar-refractivity contribution < 1.29 is 14.5 Å². The zero-order valence-corrected chi connectivity index (χ0v) is 9.40. The van der Waals surface area contributed by atoms with Crippen LogP contribution in [0, 0.1) is 12.8 Å². The van der Waals surface area contributed by atoms with Crippen molar-refractivity contribution in [1.82, 2.24) is 0 Å². The van der Waals surface area contributed by atoms with Crippen LogP contribution in [0.1, 0.15) is 29.2 Å². The molecule has 5 heteroatoms. The Bertz CT molecular complexity index is 334. The van der Waals surface area contributed by atoms with Gasteiger partial charge in [0.2, 0.25) is 0 Å². The topological polar surface area (TPSA) is 66.5 Å². The van der Waals surface area contributed by atoms with Crippen molar-refractivity contribution in [3.63, 3.8) is 0 Å². The van der Waals surface area contributed by atoms with Gasteiger partial charge in [0.05, 0.1) is 6.61 Å². The Labute approximate surface area is 87.1 Å². The van der Waals surface area contributed by atoms with Crippen LogP contribution < -0.4 is 10.7 Å². The Hall–Kier alpha value is -1.10. The molecule has 0 bridgehead atoms. The molecule has 14 heavy (non-hydrogen) atoms. The SMILES string of the molecule is Cc1[nH+]c(N)sc1C(=O)OCC(C)C. The van der Waals surface area contributed by atoms with E-state index in [1.165, 1.54) is 11.3 Å². The van der Waals surface area contributed by atoms with Crippen molar-refractivity contribution in [3.05, 3.63) is 10.6 Å². The maximum atomic E-state index is 11.5. The Balaban J connectivity index is 2.65. The summed E-state index contributed by atoms with van der Waals surface area (Å²) in [6.07, 6.45) is 0. The summed E-state index contributed by atoms with van der Waals surface area (Å²) in [5.41, 5.74) is 6.29. The number of ether oxygens (including phenoxy) is 1. The minimum absolute atomic E-state index is 0.297. The van der Waals surface area contributed by atoms with Gasteiger partial charge in [-0.1, -0.05) is 13.8 Å². The molecule has 1 rings (SSSR count). The fraction of sp³-hybridized carbons (Fsp3) is 0.556. The molecular formula is C9H15N2O2S+. The molecular weight excluding hydrogens is 200 g/mol. The van der Waals surface area contributed by atoms with E-state index < -0.39 is 0 Å². The van der Waals surface area contributed by atoms with E-state index in [4.69, 9.17) is 10.5 Å².